The van der Waals surface area contributed by atoms with Gasteiger partial charge < -0.3 is 15.7 Å². The molecule has 1 saturated heterocycles. The van der Waals surface area contributed by atoms with Crippen LogP contribution in [0.1, 0.15) is 50.2 Å². The zero-order chi connectivity index (χ0) is 19.4. The van der Waals surface area contributed by atoms with Crippen molar-refractivity contribution >= 4 is 23.2 Å². The van der Waals surface area contributed by atoms with Crippen LogP contribution in [0, 0.1) is 12.8 Å². The van der Waals surface area contributed by atoms with Gasteiger partial charge in [0.2, 0.25) is 5.91 Å². The van der Waals surface area contributed by atoms with Gasteiger partial charge in [0.05, 0.1) is 6.10 Å². The fourth-order valence-electron chi connectivity index (χ4n) is 4.24. The van der Waals surface area contributed by atoms with Crippen LogP contribution in [0.25, 0.3) is 0 Å². The van der Waals surface area contributed by atoms with E-state index in [4.69, 9.17) is 11.6 Å². The van der Waals surface area contributed by atoms with Gasteiger partial charge in [0.15, 0.2) is 0 Å². The maximum absolute atomic E-state index is 12.5. The quantitative estimate of drug-likeness (QED) is 0.718. The fraction of sp³-hybridized carbons (Fsp3) is 0.667. The van der Waals surface area contributed by atoms with Gasteiger partial charge in [-0.05, 0) is 68.7 Å². The highest BCUT2D eigenvalue weighted by Crippen LogP contribution is 2.29. The average Bonchev–Trinajstić information content (AvgIpc) is 2.61. The van der Waals surface area contributed by atoms with Gasteiger partial charge in [-0.1, -0.05) is 11.6 Å². The third-order valence-corrected chi connectivity index (χ3v) is 6.11. The number of nitrogens with zero attached hydrogens (tertiary/aromatic N) is 1. The number of aliphatic hydroxyl groups excluding tert-OH is 1. The van der Waals surface area contributed by atoms with Crippen molar-refractivity contribution in [3.05, 3.63) is 28.3 Å². The normalized spacial score (nSPS) is 26.7. The summed E-state index contributed by atoms with van der Waals surface area (Å²) in [4.78, 5) is 15.0. The second kappa shape index (κ2) is 9.37. The molecule has 1 amide bonds. The Morgan fingerprint density at radius 3 is 2.78 bits per heavy atom. The Labute approximate surface area is 167 Å². The van der Waals surface area contributed by atoms with Gasteiger partial charge in [-0.2, -0.15) is 0 Å². The summed E-state index contributed by atoms with van der Waals surface area (Å²) in [5, 5.41) is 16.8. The van der Waals surface area contributed by atoms with Crippen LogP contribution in [0.4, 0.5) is 5.69 Å². The lowest BCUT2D eigenvalue weighted by Gasteiger charge is -2.32. The summed E-state index contributed by atoms with van der Waals surface area (Å²) in [6.07, 6.45) is 3.80. The van der Waals surface area contributed by atoms with Crippen molar-refractivity contribution < 1.29 is 9.90 Å². The summed E-state index contributed by atoms with van der Waals surface area (Å²) in [6, 6.07) is 4.36. The van der Waals surface area contributed by atoms with Crippen molar-refractivity contribution in [1.82, 2.24) is 10.2 Å². The van der Waals surface area contributed by atoms with Crippen molar-refractivity contribution in [3.8, 4) is 0 Å². The zero-order valence-corrected chi connectivity index (χ0v) is 17.2. The molecule has 1 aliphatic carbocycles. The Hall–Kier alpha value is -1.14. The number of hydrogen-bond donors (Lipinski definition) is 3. The number of nitrogens with one attached hydrogen (secondary N) is 2. The van der Waals surface area contributed by atoms with Gasteiger partial charge in [0.25, 0.3) is 0 Å². The monoisotopic (exact) mass is 393 g/mol. The SMILES string of the molecule is Cc1c(CN2CCN[C@@H](C)C2)cc(Cl)cc1NC(=O)CC1CCC(O)CC1. The van der Waals surface area contributed by atoms with Crippen LogP contribution in [0.15, 0.2) is 12.1 Å². The molecule has 0 aromatic heterocycles. The summed E-state index contributed by atoms with van der Waals surface area (Å²) in [5.74, 6) is 0.415. The highest BCUT2D eigenvalue weighted by molar-refractivity contribution is 6.31. The Morgan fingerprint density at radius 1 is 1.33 bits per heavy atom. The van der Waals surface area contributed by atoms with Crippen LogP contribution in [-0.2, 0) is 11.3 Å². The van der Waals surface area contributed by atoms with Gasteiger partial charge in [-0.3, -0.25) is 9.69 Å². The second-order valence-electron chi connectivity index (χ2n) is 8.25. The van der Waals surface area contributed by atoms with Crippen molar-refractivity contribution in [2.45, 2.75) is 64.6 Å². The third-order valence-electron chi connectivity index (χ3n) is 5.89. The first-order chi connectivity index (χ1) is 12.9. The molecule has 1 aromatic carbocycles. The number of anilines is 1. The van der Waals surface area contributed by atoms with E-state index in [0.717, 1.165) is 63.1 Å². The van der Waals surface area contributed by atoms with E-state index in [1.165, 1.54) is 5.56 Å². The number of rotatable bonds is 5. The van der Waals surface area contributed by atoms with E-state index in [2.05, 4.69) is 29.4 Å². The standard InChI is InChI=1S/C21H32ClN3O2/c1-14-12-25(8-7-23-14)13-17-10-18(22)11-20(15(17)2)24-21(27)9-16-3-5-19(26)6-4-16/h10-11,14,16,19,23,26H,3-9,12-13H2,1-2H3,(H,24,27)/t14-,16?,19?/m0/s1. The molecule has 1 heterocycles. The maximum atomic E-state index is 12.5. The van der Waals surface area contributed by atoms with Gasteiger partial charge in [-0.25, -0.2) is 0 Å². The van der Waals surface area contributed by atoms with E-state index in [1.54, 1.807) is 0 Å². The molecule has 1 saturated carbocycles. The van der Waals surface area contributed by atoms with Crippen molar-refractivity contribution in [2.75, 3.05) is 25.0 Å². The minimum atomic E-state index is -0.185. The van der Waals surface area contributed by atoms with Gasteiger partial charge in [-0.15, -0.1) is 0 Å². The molecule has 3 rings (SSSR count). The number of benzene rings is 1. The van der Waals surface area contributed by atoms with E-state index >= 15 is 0 Å². The number of carbonyl (C=O) groups is 1. The number of hydrogen-bond acceptors (Lipinski definition) is 4. The smallest absolute Gasteiger partial charge is 0.224 e. The summed E-state index contributed by atoms with van der Waals surface area (Å²) in [5.41, 5.74) is 3.09. The van der Waals surface area contributed by atoms with Crippen molar-refractivity contribution in [2.24, 2.45) is 5.92 Å². The molecule has 27 heavy (non-hydrogen) atoms. The fourth-order valence-corrected chi connectivity index (χ4v) is 4.48. The molecule has 150 valence electrons. The first kappa shape index (κ1) is 20.6. The number of carbonyl (C=O) groups excluding carboxylic acids is 1. The molecule has 3 N–H and O–H groups in total. The molecule has 1 aliphatic heterocycles. The first-order valence-corrected chi connectivity index (χ1v) is 10.5. The molecular weight excluding hydrogens is 362 g/mol. The maximum Gasteiger partial charge on any atom is 0.224 e. The first-order valence-electron chi connectivity index (χ1n) is 10.1. The summed E-state index contributed by atoms with van der Waals surface area (Å²) in [6.45, 7) is 8.14. The van der Waals surface area contributed by atoms with Crippen LogP contribution < -0.4 is 10.6 Å². The van der Waals surface area contributed by atoms with Crippen LogP contribution in [-0.4, -0.2) is 47.7 Å². The largest absolute Gasteiger partial charge is 0.393 e. The Balaban J connectivity index is 1.63. The number of aliphatic hydroxyl groups is 1. The summed E-state index contributed by atoms with van der Waals surface area (Å²) in [7, 11) is 0. The Kier molecular flexibility index (Phi) is 7.15. The second-order valence-corrected chi connectivity index (χ2v) is 8.69. The van der Waals surface area contributed by atoms with Crippen LogP contribution >= 0.6 is 11.6 Å². The molecular formula is C21H32ClN3O2. The lowest BCUT2D eigenvalue weighted by atomic mass is 9.85. The molecule has 1 atom stereocenters. The third kappa shape index (κ3) is 5.92. The predicted molar refractivity (Wildman–Crippen MR) is 110 cm³/mol. The average molecular weight is 394 g/mol. The predicted octanol–water partition coefficient (Wildman–Crippen LogP) is 3.32. The topological polar surface area (TPSA) is 64.6 Å². The van der Waals surface area contributed by atoms with E-state index in [0.29, 0.717) is 23.4 Å². The van der Waals surface area contributed by atoms with E-state index < -0.39 is 0 Å². The summed E-state index contributed by atoms with van der Waals surface area (Å²) >= 11 is 6.35. The molecule has 0 bridgehead atoms. The Morgan fingerprint density at radius 2 is 2.07 bits per heavy atom. The van der Waals surface area contributed by atoms with Gasteiger partial charge in [0, 0.05) is 49.4 Å². The molecule has 5 nitrogen and oxygen atoms in total. The lowest BCUT2D eigenvalue weighted by Crippen LogP contribution is -2.48. The number of amides is 1. The van der Waals surface area contributed by atoms with Crippen molar-refractivity contribution in [1.29, 1.82) is 0 Å². The zero-order valence-electron chi connectivity index (χ0n) is 16.4. The van der Waals surface area contributed by atoms with Gasteiger partial charge in [0.1, 0.15) is 0 Å². The van der Waals surface area contributed by atoms with E-state index in [9.17, 15) is 9.90 Å². The van der Waals surface area contributed by atoms with E-state index in [-0.39, 0.29) is 12.0 Å². The lowest BCUT2D eigenvalue weighted by molar-refractivity contribution is -0.117. The minimum absolute atomic E-state index is 0.0449. The molecule has 1 aromatic rings. The van der Waals surface area contributed by atoms with Crippen LogP contribution in [0.2, 0.25) is 5.02 Å². The van der Waals surface area contributed by atoms with E-state index in [1.807, 2.05) is 12.1 Å². The van der Waals surface area contributed by atoms with Gasteiger partial charge >= 0.3 is 0 Å². The van der Waals surface area contributed by atoms with Crippen LogP contribution in [0.5, 0.6) is 0 Å². The molecule has 0 unspecified atom stereocenters. The summed E-state index contributed by atoms with van der Waals surface area (Å²) < 4.78 is 0. The Bertz CT molecular complexity index is 659. The minimum Gasteiger partial charge on any atom is -0.393 e. The molecule has 2 aliphatic rings. The van der Waals surface area contributed by atoms with Crippen molar-refractivity contribution in [3.63, 3.8) is 0 Å². The molecule has 0 spiro atoms. The highest BCUT2D eigenvalue weighted by Gasteiger charge is 2.22. The molecule has 6 heteroatoms. The molecule has 0 radical (unpaired) electrons. The van der Waals surface area contributed by atoms with Crippen LogP contribution in [0.3, 0.4) is 0 Å². The molecule has 2 fully saturated rings. The number of halogens is 1. The number of piperazine rings is 1. The highest BCUT2D eigenvalue weighted by atomic mass is 35.5.